The number of nitrogens with zero attached hydrogens (tertiary/aromatic N) is 1. The van der Waals surface area contributed by atoms with E-state index in [2.05, 4.69) is 5.32 Å². The Bertz CT molecular complexity index is 310. The minimum absolute atomic E-state index is 0.0214. The van der Waals surface area contributed by atoms with Gasteiger partial charge in [0.25, 0.3) is 0 Å². The highest BCUT2D eigenvalue weighted by Gasteiger charge is 2.29. The van der Waals surface area contributed by atoms with Crippen LogP contribution in [-0.2, 0) is 4.79 Å². The highest BCUT2D eigenvalue weighted by molar-refractivity contribution is 5.82. The Hall–Kier alpha value is -1.26. The van der Waals surface area contributed by atoms with E-state index in [1.54, 1.807) is 11.9 Å². The van der Waals surface area contributed by atoms with Crippen LogP contribution in [0.5, 0.6) is 0 Å². The molecular formula is C14H28N2O3. The van der Waals surface area contributed by atoms with Crippen molar-refractivity contribution in [3.05, 3.63) is 0 Å². The summed E-state index contributed by atoms with van der Waals surface area (Å²) in [4.78, 5) is 24.7. The van der Waals surface area contributed by atoms with Crippen LogP contribution >= 0.6 is 0 Å². The fraction of sp³-hybridized carbons (Fsp3) is 0.857. The van der Waals surface area contributed by atoms with E-state index >= 15 is 0 Å². The number of hydrogen-bond donors (Lipinski definition) is 2. The van der Waals surface area contributed by atoms with Crippen molar-refractivity contribution >= 4 is 12.0 Å². The van der Waals surface area contributed by atoms with Crippen molar-refractivity contribution in [1.82, 2.24) is 10.2 Å². The average molecular weight is 272 g/mol. The number of carbonyl (C=O) groups is 2. The molecule has 0 rings (SSSR count). The zero-order chi connectivity index (χ0) is 15.2. The van der Waals surface area contributed by atoms with Gasteiger partial charge in [0.1, 0.15) is 6.04 Å². The van der Waals surface area contributed by atoms with Crippen molar-refractivity contribution in [3.63, 3.8) is 0 Å². The first-order chi connectivity index (χ1) is 8.61. The summed E-state index contributed by atoms with van der Waals surface area (Å²) in [6, 6.07) is -1.11. The van der Waals surface area contributed by atoms with Crippen molar-refractivity contribution in [2.45, 2.75) is 66.0 Å². The smallest absolute Gasteiger partial charge is 0.326 e. The molecule has 112 valence electrons. The molecular weight excluding hydrogens is 244 g/mol. The Morgan fingerprint density at radius 3 is 2.21 bits per heavy atom. The zero-order valence-corrected chi connectivity index (χ0v) is 13.0. The van der Waals surface area contributed by atoms with E-state index in [1.165, 1.54) is 0 Å². The van der Waals surface area contributed by atoms with E-state index < -0.39 is 12.0 Å². The van der Waals surface area contributed by atoms with Gasteiger partial charge in [-0.2, -0.15) is 0 Å². The molecule has 0 aliphatic rings. The molecule has 0 aromatic heterocycles. The van der Waals surface area contributed by atoms with Gasteiger partial charge >= 0.3 is 12.0 Å². The Labute approximate surface area is 116 Å². The second-order valence-corrected chi connectivity index (χ2v) is 6.14. The molecule has 0 heterocycles. The number of urea groups is 1. The van der Waals surface area contributed by atoms with Crippen LogP contribution in [0.1, 0.15) is 53.9 Å². The van der Waals surface area contributed by atoms with Crippen molar-refractivity contribution < 1.29 is 14.7 Å². The summed E-state index contributed by atoms with van der Waals surface area (Å²) in [5, 5.41) is 11.7. The number of carbonyl (C=O) groups excluding carboxylic acids is 1. The van der Waals surface area contributed by atoms with Crippen molar-refractivity contribution in [2.75, 3.05) is 7.05 Å². The van der Waals surface area contributed by atoms with Gasteiger partial charge in [-0.3, -0.25) is 0 Å². The Morgan fingerprint density at radius 2 is 1.84 bits per heavy atom. The lowest BCUT2D eigenvalue weighted by molar-refractivity contribution is -0.139. The molecule has 0 aliphatic heterocycles. The maximum atomic E-state index is 12.1. The molecule has 0 bridgehead atoms. The summed E-state index contributed by atoms with van der Waals surface area (Å²) in [7, 11) is 1.70. The Kier molecular flexibility index (Phi) is 6.87. The number of carboxylic acids is 1. The lowest BCUT2D eigenvalue weighted by Crippen LogP contribution is -2.51. The monoisotopic (exact) mass is 272 g/mol. The lowest BCUT2D eigenvalue weighted by Gasteiger charge is -2.35. The van der Waals surface area contributed by atoms with E-state index in [9.17, 15) is 9.59 Å². The van der Waals surface area contributed by atoms with Gasteiger partial charge in [0.15, 0.2) is 0 Å². The molecule has 0 fully saturated rings. The lowest BCUT2D eigenvalue weighted by atomic mass is 9.87. The predicted molar refractivity (Wildman–Crippen MR) is 76.2 cm³/mol. The third kappa shape index (κ3) is 5.94. The number of aliphatic carboxylic acids is 1. The van der Waals surface area contributed by atoms with Crippen LogP contribution in [0.25, 0.3) is 0 Å². The fourth-order valence-corrected chi connectivity index (χ4v) is 1.67. The molecule has 19 heavy (non-hydrogen) atoms. The minimum Gasteiger partial charge on any atom is -0.480 e. The largest absolute Gasteiger partial charge is 0.480 e. The van der Waals surface area contributed by atoms with Crippen LogP contribution < -0.4 is 5.32 Å². The van der Waals surface area contributed by atoms with Crippen molar-refractivity contribution in [1.29, 1.82) is 0 Å². The number of amides is 2. The molecule has 2 atom stereocenters. The maximum absolute atomic E-state index is 12.1. The van der Waals surface area contributed by atoms with Crippen LogP contribution in [0.3, 0.4) is 0 Å². The highest BCUT2D eigenvalue weighted by Crippen LogP contribution is 2.23. The Morgan fingerprint density at radius 1 is 1.32 bits per heavy atom. The van der Waals surface area contributed by atoms with Gasteiger partial charge in [-0.15, -0.1) is 0 Å². The summed E-state index contributed by atoms with van der Waals surface area (Å²) in [6.07, 6.45) is 2.17. The first-order valence-corrected chi connectivity index (χ1v) is 6.87. The molecule has 0 radical (unpaired) electrons. The van der Waals surface area contributed by atoms with Crippen LogP contribution in [0.15, 0.2) is 0 Å². The van der Waals surface area contributed by atoms with E-state index in [0.717, 1.165) is 12.8 Å². The van der Waals surface area contributed by atoms with Crippen LogP contribution in [-0.4, -0.2) is 41.1 Å². The van der Waals surface area contributed by atoms with E-state index in [0.29, 0.717) is 6.42 Å². The minimum atomic E-state index is -0.974. The third-order valence-corrected chi connectivity index (χ3v) is 3.60. The van der Waals surface area contributed by atoms with E-state index in [-0.39, 0.29) is 17.5 Å². The molecule has 0 aromatic carbocycles. The molecule has 5 heteroatoms. The summed E-state index contributed by atoms with van der Waals surface area (Å²) in [5.41, 5.74) is -0.0474. The highest BCUT2D eigenvalue weighted by atomic mass is 16.4. The second kappa shape index (κ2) is 7.36. The zero-order valence-electron chi connectivity index (χ0n) is 13.0. The summed E-state index contributed by atoms with van der Waals surface area (Å²) in [6.45, 7) is 10.1. The first kappa shape index (κ1) is 17.7. The fourth-order valence-electron chi connectivity index (χ4n) is 1.67. The number of rotatable bonds is 6. The van der Waals surface area contributed by atoms with Gasteiger partial charge in [-0.1, -0.05) is 40.5 Å². The predicted octanol–water partition coefficient (Wildman–Crippen LogP) is 2.71. The molecule has 0 saturated heterocycles. The molecule has 0 saturated carbocycles. The van der Waals surface area contributed by atoms with Gasteiger partial charge in [0.05, 0.1) is 0 Å². The molecule has 2 N–H and O–H groups in total. The topological polar surface area (TPSA) is 69.6 Å². The normalized spacial score (nSPS) is 14.6. The van der Waals surface area contributed by atoms with Gasteiger partial charge in [0, 0.05) is 13.1 Å². The standard InChI is InChI=1S/C14H28N2O3/c1-7-8-9-11(12(17)18)15-13(19)16(6)10(2)14(3,4)5/h10-11H,7-9H2,1-6H3,(H,15,19)(H,17,18). The average Bonchev–Trinajstić information content (AvgIpc) is 2.30. The van der Waals surface area contributed by atoms with Crippen molar-refractivity contribution in [3.8, 4) is 0 Å². The van der Waals surface area contributed by atoms with Gasteiger partial charge < -0.3 is 15.3 Å². The number of carboxylic acid groups (broad SMARTS) is 1. The molecule has 0 spiro atoms. The van der Waals surface area contributed by atoms with Gasteiger partial charge in [-0.05, 0) is 18.8 Å². The van der Waals surface area contributed by atoms with Crippen LogP contribution in [0, 0.1) is 5.41 Å². The molecule has 0 aliphatic carbocycles. The maximum Gasteiger partial charge on any atom is 0.326 e. The second-order valence-electron chi connectivity index (χ2n) is 6.14. The first-order valence-electron chi connectivity index (χ1n) is 6.87. The van der Waals surface area contributed by atoms with Gasteiger partial charge in [-0.25, -0.2) is 9.59 Å². The quantitative estimate of drug-likeness (QED) is 0.781. The molecule has 0 aromatic rings. The van der Waals surface area contributed by atoms with Gasteiger partial charge in [0.2, 0.25) is 0 Å². The SMILES string of the molecule is CCCCC(NC(=O)N(C)C(C)C(C)(C)C)C(=O)O. The number of nitrogens with one attached hydrogen (secondary N) is 1. The summed E-state index contributed by atoms with van der Waals surface area (Å²) < 4.78 is 0. The molecule has 2 unspecified atom stereocenters. The van der Waals surface area contributed by atoms with E-state index in [4.69, 9.17) is 5.11 Å². The van der Waals surface area contributed by atoms with E-state index in [1.807, 2.05) is 34.6 Å². The number of hydrogen-bond acceptors (Lipinski definition) is 2. The Balaban J connectivity index is 4.59. The summed E-state index contributed by atoms with van der Waals surface area (Å²) >= 11 is 0. The van der Waals surface area contributed by atoms with Crippen molar-refractivity contribution in [2.24, 2.45) is 5.41 Å². The van der Waals surface area contributed by atoms with Crippen LogP contribution in [0.4, 0.5) is 4.79 Å². The molecule has 2 amide bonds. The van der Waals surface area contributed by atoms with Crippen LogP contribution in [0.2, 0.25) is 0 Å². The number of unbranched alkanes of at least 4 members (excludes halogenated alkanes) is 1. The third-order valence-electron chi connectivity index (χ3n) is 3.60. The molecule has 5 nitrogen and oxygen atoms in total. The summed E-state index contributed by atoms with van der Waals surface area (Å²) in [5.74, 6) is -0.974.